The molecule has 0 saturated carbocycles. The maximum atomic E-state index is 4.22. The van der Waals surface area contributed by atoms with Gasteiger partial charge in [0.2, 0.25) is 0 Å². The van der Waals surface area contributed by atoms with Crippen LogP contribution < -0.4 is 10.2 Å². The third-order valence-corrected chi connectivity index (χ3v) is 4.15. The fraction of sp³-hybridized carbons (Fsp3) is 0.412. The molecule has 3 rings (SSSR count). The number of nitrogens with one attached hydrogen (secondary N) is 1. The average Bonchev–Trinajstić information content (AvgIpc) is 2.55. The number of nitrogens with zero attached hydrogens (tertiary/aromatic N) is 3. The molecule has 1 N–H and O–H groups in total. The van der Waals surface area contributed by atoms with Gasteiger partial charge in [-0.25, -0.2) is 0 Å². The van der Waals surface area contributed by atoms with E-state index in [9.17, 15) is 0 Å². The Labute approximate surface area is 126 Å². The summed E-state index contributed by atoms with van der Waals surface area (Å²) in [6, 6.07) is 13.1. The van der Waals surface area contributed by atoms with E-state index in [2.05, 4.69) is 51.6 Å². The first-order valence-electron chi connectivity index (χ1n) is 7.63. The van der Waals surface area contributed by atoms with E-state index in [0.29, 0.717) is 6.04 Å². The fourth-order valence-electron chi connectivity index (χ4n) is 2.88. The van der Waals surface area contributed by atoms with Crippen LogP contribution >= 0.6 is 0 Å². The van der Waals surface area contributed by atoms with Crippen molar-refractivity contribution < 1.29 is 0 Å². The van der Waals surface area contributed by atoms with E-state index in [-0.39, 0.29) is 0 Å². The quantitative estimate of drug-likeness (QED) is 0.935. The molecule has 2 aromatic rings. The normalized spacial score (nSPS) is 18.7. The van der Waals surface area contributed by atoms with Crippen molar-refractivity contribution in [1.82, 2.24) is 15.5 Å². The minimum absolute atomic E-state index is 0.514. The number of hydrogen-bond donors (Lipinski definition) is 1. The smallest absolute Gasteiger partial charge is 0.151 e. The predicted octanol–water partition coefficient (Wildman–Crippen LogP) is 2.54. The van der Waals surface area contributed by atoms with Gasteiger partial charge < -0.3 is 10.2 Å². The van der Waals surface area contributed by atoms with E-state index in [1.807, 2.05) is 12.1 Å². The lowest BCUT2D eigenvalue weighted by Gasteiger charge is -2.33. The monoisotopic (exact) mass is 282 g/mol. The van der Waals surface area contributed by atoms with Gasteiger partial charge in [-0.15, -0.1) is 5.10 Å². The highest BCUT2D eigenvalue weighted by Crippen LogP contribution is 2.17. The van der Waals surface area contributed by atoms with Crippen molar-refractivity contribution in [3.63, 3.8) is 0 Å². The Balaban J connectivity index is 1.58. The van der Waals surface area contributed by atoms with E-state index >= 15 is 0 Å². The van der Waals surface area contributed by atoms with Crippen molar-refractivity contribution in [1.29, 1.82) is 0 Å². The molecular weight excluding hydrogens is 260 g/mol. The van der Waals surface area contributed by atoms with Gasteiger partial charge in [0.25, 0.3) is 0 Å². The number of piperidine rings is 1. The molecule has 21 heavy (non-hydrogen) atoms. The molecule has 0 radical (unpaired) electrons. The maximum absolute atomic E-state index is 4.22. The van der Waals surface area contributed by atoms with Gasteiger partial charge in [0.1, 0.15) is 0 Å². The first-order chi connectivity index (χ1) is 10.3. The van der Waals surface area contributed by atoms with Crippen LogP contribution in [0.1, 0.15) is 24.0 Å². The molecule has 1 saturated heterocycles. The summed E-state index contributed by atoms with van der Waals surface area (Å²) in [5.41, 5.74) is 2.74. The standard InChI is InChI=1S/C17H22N4/c1-14-6-2-3-7-15(14)12-18-16-8-5-11-21(13-16)17-9-4-10-19-20-17/h2-4,6-7,9-10,16,18H,5,8,11-13H2,1H3/t16-/m1/s1. The van der Waals surface area contributed by atoms with Crippen molar-refractivity contribution in [2.45, 2.75) is 32.4 Å². The first-order valence-corrected chi connectivity index (χ1v) is 7.63. The van der Waals surface area contributed by atoms with Gasteiger partial charge in [0.15, 0.2) is 5.82 Å². The number of aromatic nitrogens is 2. The zero-order valence-electron chi connectivity index (χ0n) is 12.5. The predicted molar refractivity (Wildman–Crippen MR) is 85.3 cm³/mol. The van der Waals surface area contributed by atoms with Crippen molar-refractivity contribution in [3.8, 4) is 0 Å². The summed E-state index contributed by atoms with van der Waals surface area (Å²) in [7, 11) is 0. The summed E-state index contributed by atoms with van der Waals surface area (Å²) in [6.45, 7) is 5.18. The third kappa shape index (κ3) is 3.58. The van der Waals surface area contributed by atoms with Crippen LogP contribution in [0, 0.1) is 6.92 Å². The molecule has 1 aliphatic heterocycles. The lowest BCUT2D eigenvalue weighted by molar-refractivity contribution is 0.419. The molecule has 110 valence electrons. The SMILES string of the molecule is Cc1ccccc1CN[C@@H]1CCCN(c2cccnn2)C1. The molecule has 0 aliphatic carbocycles. The van der Waals surface area contributed by atoms with Crippen LogP contribution in [0.5, 0.6) is 0 Å². The molecule has 0 amide bonds. The Bertz CT molecular complexity index is 570. The Kier molecular flexibility index (Phi) is 4.46. The Morgan fingerprint density at radius 2 is 2.14 bits per heavy atom. The second-order valence-electron chi connectivity index (χ2n) is 5.67. The van der Waals surface area contributed by atoms with Crippen LogP contribution in [0.2, 0.25) is 0 Å². The summed E-state index contributed by atoms with van der Waals surface area (Å²) < 4.78 is 0. The van der Waals surface area contributed by atoms with E-state index in [1.165, 1.54) is 24.0 Å². The molecule has 2 heterocycles. The summed E-state index contributed by atoms with van der Waals surface area (Å²) in [6.07, 6.45) is 4.14. The first kappa shape index (κ1) is 14.0. The molecule has 0 spiro atoms. The van der Waals surface area contributed by atoms with E-state index < -0.39 is 0 Å². The lowest BCUT2D eigenvalue weighted by atomic mass is 10.0. The molecule has 1 fully saturated rings. The Morgan fingerprint density at radius 1 is 1.24 bits per heavy atom. The van der Waals surface area contributed by atoms with Crippen LogP contribution in [-0.4, -0.2) is 29.3 Å². The van der Waals surface area contributed by atoms with Crippen LogP contribution in [0.3, 0.4) is 0 Å². The second-order valence-corrected chi connectivity index (χ2v) is 5.67. The van der Waals surface area contributed by atoms with Gasteiger partial charge in [-0.1, -0.05) is 24.3 Å². The molecule has 1 atom stereocenters. The van der Waals surface area contributed by atoms with E-state index in [0.717, 1.165) is 25.5 Å². The van der Waals surface area contributed by atoms with Crippen LogP contribution in [-0.2, 0) is 6.54 Å². The Morgan fingerprint density at radius 3 is 2.95 bits per heavy atom. The largest absolute Gasteiger partial charge is 0.354 e. The summed E-state index contributed by atoms with van der Waals surface area (Å²) >= 11 is 0. The molecule has 0 unspecified atom stereocenters. The summed E-state index contributed by atoms with van der Waals surface area (Å²) in [5.74, 6) is 0.986. The van der Waals surface area contributed by atoms with Crippen molar-refractivity contribution >= 4 is 5.82 Å². The minimum Gasteiger partial charge on any atom is -0.354 e. The minimum atomic E-state index is 0.514. The average molecular weight is 282 g/mol. The molecule has 1 aliphatic rings. The van der Waals surface area contributed by atoms with Gasteiger partial charge in [-0.05, 0) is 43.0 Å². The van der Waals surface area contributed by atoms with Gasteiger partial charge in [-0.3, -0.25) is 0 Å². The number of anilines is 1. The number of benzene rings is 1. The van der Waals surface area contributed by atoms with Gasteiger partial charge in [0, 0.05) is 31.9 Å². The number of hydrogen-bond acceptors (Lipinski definition) is 4. The zero-order valence-corrected chi connectivity index (χ0v) is 12.5. The summed E-state index contributed by atoms with van der Waals surface area (Å²) in [4.78, 5) is 2.33. The topological polar surface area (TPSA) is 41.0 Å². The Hall–Kier alpha value is -1.94. The maximum Gasteiger partial charge on any atom is 0.151 e. The fourth-order valence-corrected chi connectivity index (χ4v) is 2.88. The second kappa shape index (κ2) is 6.68. The van der Waals surface area contributed by atoms with E-state index in [4.69, 9.17) is 0 Å². The highest BCUT2D eigenvalue weighted by molar-refractivity contribution is 5.37. The van der Waals surface area contributed by atoms with Crippen molar-refractivity contribution in [2.75, 3.05) is 18.0 Å². The molecular formula is C17H22N4. The van der Waals surface area contributed by atoms with Crippen LogP contribution in [0.25, 0.3) is 0 Å². The lowest BCUT2D eigenvalue weighted by Crippen LogP contribution is -2.45. The highest BCUT2D eigenvalue weighted by Gasteiger charge is 2.20. The molecule has 0 bridgehead atoms. The van der Waals surface area contributed by atoms with Crippen molar-refractivity contribution in [2.24, 2.45) is 0 Å². The zero-order chi connectivity index (χ0) is 14.5. The number of aryl methyl sites for hydroxylation is 1. The van der Waals surface area contributed by atoms with Crippen molar-refractivity contribution in [3.05, 3.63) is 53.7 Å². The van der Waals surface area contributed by atoms with Crippen LogP contribution in [0.4, 0.5) is 5.82 Å². The van der Waals surface area contributed by atoms with Gasteiger partial charge in [0.05, 0.1) is 0 Å². The third-order valence-electron chi connectivity index (χ3n) is 4.15. The molecule has 4 nitrogen and oxygen atoms in total. The molecule has 4 heteroatoms. The van der Waals surface area contributed by atoms with Crippen LogP contribution in [0.15, 0.2) is 42.6 Å². The van der Waals surface area contributed by atoms with Gasteiger partial charge >= 0.3 is 0 Å². The van der Waals surface area contributed by atoms with Gasteiger partial charge in [-0.2, -0.15) is 5.10 Å². The molecule has 1 aromatic carbocycles. The molecule has 1 aromatic heterocycles. The van der Waals surface area contributed by atoms with E-state index in [1.54, 1.807) is 6.20 Å². The summed E-state index contributed by atoms with van der Waals surface area (Å²) in [5, 5.41) is 11.9. The number of rotatable bonds is 4. The highest BCUT2D eigenvalue weighted by atomic mass is 15.3.